The zero-order chi connectivity index (χ0) is 26.1. The maximum atomic E-state index is 13.1. The van der Waals surface area contributed by atoms with Gasteiger partial charge in [0.2, 0.25) is 5.62 Å². The van der Waals surface area contributed by atoms with Gasteiger partial charge < -0.3 is 19.8 Å². The first-order chi connectivity index (χ1) is 17.8. The van der Waals surface area contributed by atoms with E-state index in [2.05, 4.69) is 20.1 Å². The fraction of sp³-hybridized carbons (Fsp3) is 0.500. The largest absolute Gasteiger partial charge is 0.382 e. The number of anilines is 1. The van der Waals surface area contributed by atoms with Crippen LogP contribution in [-0.2, 0) is 16.0 Å². The molecule has 0 spiro atoms. The fourth-order valence-electron chi connectivity index (χ4n) is 4.70. The molecule has 1 aliphatic rings. The van der Waals surface area contributed by atoms with E-state index < -0.39 is 13.0 Å². The van der Waals surface area contributed by atoms with Crippen molar-refractivity contribution in [3.05, 3.63) is 35.8 Å². The van der Waals surface area contributed by atoms with Crippen LogP contribution in [0, 0.1) is 6.92 Å². The number of pyridine rings is 1. The molecule has 192 valence electrons. The van der Waals surface area contributed by atoms with E-state index in [1.165, 1.54) is 9.08 Å². The molecular weight excluding hydrogens is 470 g/mol. The zero-order valence-electron chi connectivity index (χ0n) is 21.2. The van der Waals surface area contributed by atoms with Crippen molar-refractivity contribution >= 4 is 22.5 Å². The number of H-pyrrole nitrogens is 1. The molecule has 3 N–H and O–H groups in total. The van der Waals surface area contributed by atoms with Crippen molar-refractivity contribution < 1.29 is 19.6 Å². The number of methoxy groups -OCH3 is 1. The Kier molecular flexibility index (Phi) is 6.60. The van der Waals surface area contributed by atoms with Gasteiger partial charge >= 0.3 is 0 Å². The number of ether oxygens (including phenoxy) is 2. The van der Waals surface area contributed by atoms with E-state index >= 15 is 0 Å². The lowest BCUT2D eigenvalue weighted by Crippen LogP contribution is -2.28. The van der Waals surface area contributed by atoms with Gasteiger partial charge in [0.1, 0.15) is 16.9 Å². The highest BCUT2D eigenvalue weighted by atomic mass is 19.3. The Morgan fingerprint density at radius 1 is 1.19 bits per heavy atom. The molecule has 4 heterocycles. The average Bonchev–Trinajstić information content (AvgIpc) is 3.36. The second kappa shape index (κ2) is 10.3. The molecule has 0 saturated heterocycles. The van der Waals surface area contributed by atoms with Gasteiger partial charge in [-0.3, -0.25) is 9.61 Å². The lowest BCUT2D eigenvalue weighted by molar-refractivity contribution is -0.00251. The van der Waals surface area contributed by atoms with Gasteiger partial charge in [-0.15, -0.1) is 0 Å². The summed E-state index contributed by atoms with van der Waals surface area (Å²) in [5.74, 6) is 0.654. The van der Waals surface area contributed by atoms with E-state index in [-0.39, 0.29) is 24.1 Å². The van der Waals surface area contributed by atoms with Crippen molar-refractivity contribution in [1.29, 1.82) is 0 Å². The van der Waals surface area contributed by atoms with Crippen molar-refractivity contribution in [3.8, 4) is 11.3 Å². The van der Waals surface area contributed by atoms with Gasteiger partial charge in [-0.1, -0.05) is 0 Å². The second-order valence-corrected chi connectivity index (χ2v) is 8.93. The van der Waals surface area contributed by atoms with Crippen LogP contribution in [0.1, 0.15) is 32.9 Å². The predicted molar refractivity (Wildman–Crippen MR) is 131 cm³/mol. The minimum Gasteiger partial charge on any atom is -0.382 e. The molecular formula is C24H30F2N8O2. The third kappa shape index (κ3) is 4.96. The van der Waals surface area contributed by atoms with Gasteiger partial charge in [0, 0.05) is 18.8 Å². The lowest BCUT2D eigenvalue weighted by Gasteiger charge is -2.26. The summed E-state index contributed by atoms with van der Waals surface area (Å²) in [5, 5.41) is 3.08. The number of aromatic amines is 1. The van der Waals surface area contributed by atoms with Crippen LogP contribution in [0.5, 0.6) is 0 Å². The Hall–Kier alpha value is -3.38. The molecule has 1 fully saturated rings. The van der Waals surface area contributed by atoms with E-state index in [1.54, 1.807) is 32.2 Å². The van der Waals surface area contributed by atoms with Gasteiger partial charge in [-0.25, -0.2) is 23.7 Å². The predicted octanol–water partition coefficient (Wildman–Crippen LogP) is 3.10. The summed E-state index contributed by atoms with van der Waals surface area (Å²) in [6.45, 7) is 2.34. The first-order valence-electron chi connectivity index (χ1n) is 12.5. The molecule has 0 bridgehead atoms. The number of imidazole rings is 1. The van der Waals surface area contributed by atoms with E-state index in [0.717, 1.165) is 25.7 Å². The number of fused-ring (bicyclic) bond motifs is 2. The van der Waals surface area contributed by atoms with Crippen LogP contribution in [0.15, 0.2) is 29.4 Å². The number of halogens is 2. The molecule has 10 nitrogen and oxygen atoms in total. The molecule has 12 heteroatoms. The van der Waals surface area contributed by atoms with Crippen molar-refractivity contribution in [2.24, 2.45) is 4.99 Å². The molecule has 0 aromatic carbocycles. The number of aromatic nitrogens is 6. The van der Waals surface area contributed by atoms with Crippen LogP contribution in [0.25, 0.3) is 27.9 Å². The molecule has 5 rings (SSSR count). The number of nitrogens with zero attached hydrogens (tertiary/aromatic N) is 6. The molecule has 0 radical (unpaired) electrons. The van der Waals surface area contributed by atoms with Crippen LogP contribution >= 0.6 is 0 Å². The summed E-state index contributed by atoms with van der Waals surface area (Å²) >= 11 is 0. The zero-order valence-corrected chi connectivity index (χ0v) is 20.2. The molecule has 4 aromatic rings. The van der Waals surface area contributed by atoms with E-state index in [1.807, 2.05) is 0 Å². The number of hydrogen-bond donors (Lipinski definition) is 2. The molecule has 4 aromatic heterocycles. The molecule has 0 amide bonds. The lowest BCUT2D eigenvalue weighted by atomic mass is 9.93. The third-order valence-electron chi connectivity index (χ3n) is 6.47. The summed E-state index contributed by atoms with van der Waals surface area (Å²) in [6.07, 6.45) is 1.36. The normalized spacial score (nSPS) is 19.6. The topological polar surface area (TPSA) is 121 Å². The summed E-state index contributed by atoms with van der Waals surface area (Å²) in [5.41, 5.74) is 9.09. The number of rotatable bonds is 8. The van der Waals surface area contributed by atoms with Crippen LogP contribution in [-0.4, -0.2) is 68.0 Å². The Labute approximate surface area is 207 Å². The number of nitrogens with one attached hydrogen (secondary N) is 1. The van der Waals surface area contributed by atoms with Crippen molar-refractivity contribution in [2.45, 2.75) is 57.7 Å². The fourth-order valence-corrected chi connectivity index (χ4v) is 4.70. The van der Waals surface area contributed by atoms with Crippen LogP contribution < -0.4 is 11.4 Å². The number of nitrogen functional groups attached to an aromatic ring is 1. The highest BCUT2D eigenvalue weighted by molar-refractivity contribution is 5.88. The van der Waals surface area contributed by atoms with Gasteiger partial charge in [0.05, 0.1) is 39.0 Å². The summed E-state index contributed by atoms with van der Waals surface area (Å²) < 4.78 is 48.5. The van der Waals surface area contributed by atoms with Crippen LogP contribution in [0.2, 0.25) is 0 Å². The smallest absolute Gasteiger partial charge is 0.256 e. The average molecular weight is 502 g/mol. The molecule has 1 saturated carbocycles. The summed E-state index contributed by atoms with van der Waals surface area (Å²) in [7, 11) is 1.66. The molecule has 0 atom stereocenters. The van der Waals surface area contributed by atoms with Gasteiger partial charge in [0.15, 0.2) is 11.5 Å². The number of hydrogen-bond acceptors (Lipinski definition) is 7. The van der Waals surface area contributed by atoms with Crippen LogP contribution in [0.4, 0.5) is 14.6 Å². The maximum absolute atomic E-state index is 13.1. The second-order valence-electron chi connectivity index (χ2n) is 8.93. The van der Waals surface area contributed by atoms with Gasteiger partial charge in [0.25, 0.3) is 6.43 Å². The summed E-state index contributed by atoms with van der Waals surface area (Å²) in [4.78, 5) is 18.1. The van der Waals surface area contributed by atoms with Gasteiger partial charge in [-0.2, -0.15) is 4.98 Å². The first-order valence-corrected chi connectivity index (χ1v) is 12.0. The van der Waals surface area contributed by atoms with Gasteiger partial charge in [-0.05, 0) is 50.8 Å². The molecule has 1 aliphatic carbocycles. The number of nitrogens with two attached hydrogens (primary N) is 1. The monoisotopic (exact) mass is 501 g/mol. The van der Waals surface area contributed by atoms with Crippen molar-refractivity contribution in [3.63, 3.8) is 0 Å². The Bertz CT molecular complexity index is 1470. The minimum absolute atomic E-state index is 0.0783. The van der Waals surface area contributed by atoms with Crippen LogP contribution in [0.3, 0.4) is 0 Å². The van der Waals surface area contributed by atoms with E-state index in [9.17, 15) is 8.78 Å². The van der Waals surface area contributed by atoms with E-state index in [4.69, 9.17) is 21.6 Å². The maximum Gasteiger partial charge on any atom is 0.256 e. The highest BCUT2D eigenvalue weighted by Crippen LogP contribution is 2.28. The molecule has 36 heavy (non-hydrogen) atoms. The number of aryl methyl sites for hydroxylation is 1. The molecule has 0 aliphatic heterocycles. The van der Waals surface area contributed by atoms with E-state index in [0.29, 0.717) is 52.6 Å². The van der Waals surface area contributed by atoms with Crippen molar-refractivity contribution in [1.82, 2.24) is 29.1 Å². The highest BCUT2D eigenvalue weighted by Gasteiger charge is 2.21. The quantitative estimate of drug-likeness (QED) is 0.358. The Morgan fingerprint density at radius 3 is 2.75 bits per heavy atom. The Balaban J connectivity index is 1.45. The molecule has 0 unspecified atom stereocenters. The third-order valence-corrected chi connectivity index (χ3v) is 6.47. The SMILES string of the molecule is [2H]c1cc(-c2ccc3nc(C)n(CC(F)F)c3n2)c2c(N)nc(=NC3CCC(OCCOC)CC3)[nH]n12. The standard InChI is InChI=1S/C24H30F2N8O2/c1-14-28-19-8-7-18(30-23(19)33(14)13-20(25)26)17-9-10-34-21(17)22(27)31-24(32-34)29-15-3-5-16(6-4-15)36-12-11-35-2/h7-10,15-16,20H,3-6,11-13H2,1-2H3,(H3,27,29,31,32)/i10D. The number of alkyl halides is 2. The van der Waals surface area contributed by atoms with Crippen molar-refractivity contribution in [2.75, 3.05) is 26.1 Å². The first kappa shape index (κ1) is 23.0. The summed E-state index contributed by atoms with van der Waals surface area (Å²) in [6, 6.07) is 5.16. The minimum atomic E-state index is -2.54. The Morgan fingerprint density at radius 2 is 2.00 bits per heavy atom.